The number of aliphatic hydroxyl groups is 1. The summed E-state index contributed by atoms with van der Waals surface area (Å²) in [6, 6.07) is 0. The van der Waals surface area contributed by atoms with Crippen LogP contribution in [-0.4, -0.2) is 5.11 Å². The van der Waals surface area contributed by atoms with Gasteiger partial charge in [0.15, 0.2) is 0 Å². The quantitative estimate of drug-likeness (QED) is 0.373. The summed E-state index contributed by atoms with van der Waals surface area (Å²) in [7, 11) is 0. The van der Waals surface area contributed by atoms with Crippen LogP contribution in [0.3, 0.4) is 0 Å². The van der Waals surface area contributed by atoms with Crippen LogP contribution in [-0.2, 0) is 0 Å². The Kier molecular flexibility index (Phi) is 7.70. The molecule has 0 aliphatic rings. The Labute approximate surface area is 101 Å². The second-order valence-corrected chi connectivity index (χ2v) is 5.16. The van der Waals surface area contributed by atoms with E-state index >= 15 is 0 Å². The van der Waals surface area contributed by atoms with Crippen molar-refractivity contribution < 1.29 is 5.11 Å². The van der Waals surface area contributed by atoms with E-state index in [1.165, 1.54) is 0 Å². The molecular weight excluding hydrogens is 196 g/mol. The standard InChI is InChI=1S/C15H26O/c1-5-6-7-8-9-10-11-12-14(16)13-15(2,3)4/h5-6,9-10,13,16H,7-8,11-12H2,1-4H3/b6-5+,10-9+,14-13-. The molecule has 0 radical (unpaired) electrons. The molecule has 0 unspecified atom stereocenters. The van der Waals surface area contributed by atoms with Crippen LogP contribution in [0.25, 0.3) is 0 Å². The molecule has 16 heavy (non-hydrogen) atoms. The van der Waals surface area contributed by atoms with Gasteiger partial charge in [-0.05, 0) is 37.7 Å². The van der Waals surface area contributed by atoms with Crippen LogP contribution in [0.15, 0.2) is 36.1 Å². The molecule has 0 aromatic heterocycles. The Hall–Kier alpha value is -0.980. The van der Waals surface area contributed by atoms with Gasteiger partial charge in [0.05, 0.1) is 5.76 Å². The predicted molar refractivity (Wildman–Crippen MR) is 72.6 cm³/mol. The summed E-state index contributed by atoms with van der Waals surface area (Å²) in [5, 5.41) is 9.64. The third-order valence-electron chi connectivity index (χ3n) is 2.07. The highest BCUT2D eigenvalue weighted by Gasteiger charge is 2.06. The molecule has 0 aliphatic carbocycles. The average molecular weight is 222 g/mol. The number of hydrogen-bond donors (Lipinski definition) is 1. The molecule has 0 amide bonds. The maximum Gasteiger partial charge on any atom is 0.0891 e. The monoisotopic (exact) mass is 222 g/mol. The van der Waals surface area contributed by atoms with Gasteiger partial charge in [-0.2, -0.15) is 0 Å². The molecule has 0 spiro atoms. The summed E-state index contributed by atoms with van der Waals surface area (Å²) >= 11 is 0. The zero-order valence-electron chi connectivity index (χ0n) is 11.2. The van der Waals surface area contributed by atoms with Gasteiger partial charge in [0.2, 0.25) is 0 Å². The number of rotatable bonds is 6. The number of aliphatic hydroxyl groups excluding tert-OH is 1. The van der Waals surface area contributed by atoms with Gasteiger partial charge in [0.25, 0.3) is 0 Å². The molecule has 0 aromatic carbocycles. The first-order chi connectivity index (χ1) is 7.45. The topological polar surface area (TPSA) is 20.2 Å². The van der Waals surface area contributed by atoms with Crippen molar-refractivity contribution in [3.63, 3.8) is 0 Å². The summed E-state index contributed by atoms with van der Waals surface area (Å²) in [5.41, 5.74) is 0.0692. The first-order valence-corrected chi connectivity index (χ1v) is 6.12. The van der Waals surface area contributed by atoms with E-state index < -0.39 is 0 Å². The van der Waals surface area contributed by atoms with Gasteiger partial charge >= 0.3 is 0 Å². The van der Waals surface area contributed by atoms with Crippen molar-refractivity contribution in [3.8, 4) is 0 Å². The van der Waals surface area contributed by atoms with Crippen molar-refractivity contribution in [3.05, 3.63) is 36.1 Å². The number of allylic oxidation sites excluding steroid dienone is 6. The van der Waals surface area contributed by atoms with E-state index in [2.05, 4.69) is 45.1 Å². The minimum Gasteiger partial charge on any atom is -0.513 e. The molecule has 0 bridgehead atoms. The van der Waals surface area contributed by atoms with Crippen LogP contribution in [0.2, 0.25) is 0 Å². The molecule has 1 nitrogen and oxygen atoms in total. The lowest BCUT2D eigenvalue weighted by Gasteiger charge is -2.12. The first kappa shape index (κ1) is 15.0. The molecule has 1 N–H and O–H groups in total. The Balaban J connectivity index is 3.69. The number of unbranched alkanes of at least 4 members (excludes halogenated alkanes) is 1. The summed E-state index contributed by atoms with van der Waals surface area (Å²) in [6.07, 6.45) is 14.4. The lowest BCUT2D eigenvalue weighted by Crippen LogP contribution is -2.01. The summed E-state index contributed by atoms with van der Waals surface area (Å²) < 4.78 is 0. The van der Waals surface area contributed by atoms with Gasteiger partial charge in [-0.25, -0.2) is 0 Å². The van der Waals surface area contributed by atoms with Crippen molar-refractivity contribution >= 4 is 0 Å². The fourth-order valence-corrected chi connectivity index (χ4v) is 1.40. The second kappa shape index (κ2) is 8.20. The van der Waals surface area contributed by atoms with Crippen LogP contribution in [0.5, 0.6) is 0 Å². The molecular formula is C15H26O. The molecule has 0 aliphatic heterocycles. The second-order valence-electron chi connectivity index (χ2n) is 5.16. The summed E-state index contributed by atoms with van der Waals surface area (Å²) in [6.45, 7) is 8.32. The van der Waals surface area contributed by atoms with E-state index in [0.29, 0.717) is 5.76 Å². The fourth-order valence-electron chi connectivity index (χ4n) is 1.40. The van der Waals surface area contributed by atoms with E-state index in [9.17, 15) is 5.11 Å². The maximum atomic E-state index is 9.64. The van der Waals surface area contributed by atoms with Gasteiger partial charge < -0.3 is 5.11 Å². The molecule has 0 saturated heterocycles. The van der Waals surface area contributed by atoms with Crippen LogP contribution < -0.4 is 0 Å². The Morgan fingerprint density at radius 3 is 2.12 bits per heavy atom. The predicted octanol–water partition coefficient (Wildman–Crippen LogP) is 5.17. The first-order valence-electron chi connectivity index (χ1n) is 6.12. The molecule has 0 heterocycles. The van der Waals surface area contributed by atoms with Crippen LogP contribution in [0, 0.1) is 5.41 Å². The van der Waals surface area contributed by atoms with Gasteiger partial charge in [-0.1, -0.05) is 45.1 Å². The van der Waals surface area contributed by atoms with E-state index in [0.717, 1.165) is 25.7 Å². The van der Waals surface area contributed by atoms with Crippen LogP contribution in [0.1, 0.15) is 53.4 Å². The van der Waals surface area contributed by atoms with Crippen molar-refractivity contribution in [2.45, 2.75) is 53.4 Å². The lowest BCUT2D eigenvalue weighted by atomic mass is 9.95. The van der Waals surface area contributed by atoms with E-state index in [4.69, 9.17) is 0 Å². The zero-order chi connectivity index (χ0) is 12.4. The third kappa shape index (κ3) is 11.1. The van der Waals surface area contributed by atoms with Gasteiger partial charge in [0, 0.05) is 6.42 Å². The molecule has 0 rings (SSSR count). The average Bonchev–Trinajstić information content (AvgIpc) is 2.13. The van der Waals surface area contributed by atoms with Crippen molar-refractivity contribution in [1.29, 1.82) is 0 Å². The summed E-state index contributed by atoms with van der Waals surface area (Å²) in [5.74, 6) is 0.505. The minimum absolute atomic E-state index is 0.0692. The van der Waals surface area contributed by atoms with Crippen molar-refractivity contribution in [1.82, 2.24) is 0 Å². The Bertz CT molecular complexity index is 251. The zero-order valence-corrected chi connectivity index (χ0v) is 11.2. The largest absolute Gasteiger partial charge is 0.513 e. The lowest BCUT2D eigenvalue weighted by molar-refractivity contribution is 0.370. The summed E-state index contributed by atoms with van der Waals surface area (Å²) in [4.78, 5) is 0. The van der Waals surface area contributed by atoms with Crippen LogP contribution >= 0.6 is 0 Å². The fraction of sp³-hybridized carbons (Fsp3) is 0.600. The van der Waals surface area contributed by atoms with Crippen LogP contribution in [0.4, 0.5) is 0 Å². The molecule has 92 valence electrons. The normalized spacial score (nSPS) is 14.1. The highest BCUT2D eigenvalue weighted by atomic mass is 16.3. The third-order valence-corrected chi connectivity index (χ3v) is 2.07. The molecule has 0 fully saturated rings. The Morgan fingerprint density at radius 1 is 1.00 bits per heavy atom. The van der Waals surface area contributed by atoms with Gasteiger partial charge in [0.1, 0.15) is 0 Å². The highest BCUT2D eigenvalue weighted by Crippen LogP contribution is 2.18. The smallest absolute Gasteiger partial charge is 0.0891 e. The Morgan fingerprint density at radius 2 is 1.56 bits per heavy atom. The van der Waals surface area contributed by atoms with E-state index in [-0.39, 0.29) is 5.41 Å². The van der Waals surface area contributed by atoms with Crippen molar-refractivity contribution in [2.75, 3.05) is 0 Å². The van der Waals surface area contributed by atoms with E-state index in [1.807, 2.05) is 13.0 Å². The molecule has 0 saturated carbocycles. The minimum atomic E-state index is 0.0692. The highest BCUT2D eigenvalue weighted by molar-refractivity contribution is 5.00. The SMILES string of the molecule is C/C=C/CC/C=C/CC/C(O)=C/C(C)(C)C. The maximum absolute atomic E-state index is 9.64. The molecule has 0 aromatic rings. The number of hydrogen-bond acceptors (Lipinski definition) is 1. The molecule has 1 heteroatoms. The van der Waals surface area contributed by atoms with Gasteiger partial charge in [-0.15, -0.1) is 0 Å². The van der Waals surface area contributed by atoms with E-state index in [1.54, 1.807) is 0 Å². The van der Waals surface area contributed by atoms with Crippen molar-refractivity contribution in [2.24, 2.45) is 5.41 Å². The van der Waals surface area contributed by atoms with Gasteiger partial charge in [-0.3, -0.25) is 0 Å². The molecule has 0 atom stereocenters.